The molecule has 12 heavy (non-hydrogen) atoms. The largest absolute Gasteiger partial charge is 0.384 e. The van der Waals surface area contributed by atoms with E-state index < -0.39 is 0 Å². The molecule has 3 heteroatoms. The predicted octanol–water partition coefficient (Wildman–Crippen LogP) is 2.07. The summed E-state index contributed by atoms with van der Waals surface area (Å²) in [4.78, 5) is 0. The van der Waals surface area contributed by atoms with Crippen molar-refractivity contribution < 1.29 is 9.47 Å². The Labute approximate surface area is 82.7 Å². The Morgan fingerprint density at radius 2 is 1.75 bits per heavy atom. The molecule has 0 spiro atoms. The Balaban J connectivity index is 2.41. The molecule has 0 aliphatic heterocycles. The summed E-state index contributed by atoms with van der Waals surface area (Å²) in [5.74, 6) is 0.562. The van der Waals surface area contributed by atoms with Crippen LogP contribution in [0.3, 0.4) is 0 Å². The van der Waals surface area contributed by atoms with Crippen molar-refractivity contribution in [3.8, 4) is 0 Å². The molecule has 0 radical (unpaired) electrons. The standard InChI is InChI=1S/C9H17BrO2/c1-11-5-8(6-12-2)9(7-10)3-4-9/h8H,3-7H2,1-2H3. The van der Waals surface area contributed by atoms with Gasteiger partial charge < -0.3 is 9.47 Å². The maximum atomic E-state index is 5.18. The average Bonchev–Trinajstić information content (AvgIpc) is 2.85. The first-order valence-corrected chi connectivity index (χ1v) is 5.45. The van der Waals surface area contributed by atoms with Crippen molar-refractivity contribution in [3.05, 3.63) is 0 Å². The van der Waals surface area contributed by atoms with Gasteiger partial charge in [-0.3, -0.25) is 0 Å². The normalized spacial score (nSPS) is 20.0. The molecule has 1 saturated carbocycles. The van der Waals surface area contributed by atoms with Gasteiger partial charge in [-0.1, -0.05) is 15.9 Å². The monoisotopic (exact) mass is 236 g/mol. The second-order valence-corrected chi connectivity index (χ2v) is 4.16. The molecule has 0 saturated heterocycles. The summed E-state index contributed by atoms with van der Waals surface area (Å²) in [6.45, 7) is 1.64. The van der Waals surface area contributed by atoms with Crippen molar-refractivity contribution >= 4 is 15.9 Å². The quantitative estimate of drug-likeness (QED) is 0.658. The van der Waals surface area contributed by atoms with E-state index in [1.54, 1.807) is 14.2 Å². The maximum Gasteiger partial charge on any atom is 0.0518 e. The molecule has 0 heterocycles. The molecule has 1 aliphatic carbocycles. The molecule has 0 aromatic carbocycles. The van der Waals surface area contributed by atoms with Gasteiger partial charge in [0.1, 0.15) is 0 Å². The summed E-state index contributed by atoms with van der Waals surface area (Å²) in [7, 11) is 3.51. The topological polar surface area (TPSA) is 18.5 Å². The zero-order chi connectivity index (χ0) is 9.03. The third kappa shape index (κ3) is 2.21. The van der Waals surface area contributed by atoms with Crippen LogP contribution in [0.15, 0.2) is 0 Å². The van der Waals surface area contributed by atoms with Gasteiger partial charge in [0.25, 0.3) is 0 Å². The van der Waals surface area contributed by atoms with E-state index in [1.165, 1.54) is 12.8 Å². The van der Waals surface area contributed by atoms with Crippen molar-refractivity contribution in [3.63, 3.8) is 0 Å². The zero-order valence-electron chi connectivity index (χ0n) is 7.81. The van der Waals surface area contributed by atoms with Crippen LogP contribution in [0.2, 0.25) is 0 Å². The van der Waals surface area contributed by atoms with Crippen LogP contribution in [-0.2, 0) is 9.47 Å². The van der Waals surface area contributed by atoms with E-state index in [-0.39, 0.29) is 0 Å². The summed E-state index contributed by atoms with van der Waals surface area (Å²) < 4.78 is 10.4. The van der Waals surface area contributed by atoms with E-state index in [9.17, 15) is 0 Å². The van der Waals surface area contributed by atoms with E-state index in [1.807, 2.05) is 0 Å². The second-order valence-electron chi connectivity index (χ2n) is 3.60. The van der Waals surface area contributed by atoms with Crippen molar-refractivity contribution in [1.82, 2.24) is 0 Å². The molecule has 1 aliphatic rings. The van der Waals surface area contributed by atoms with Crippen LogP contribution in [0.25, 0.3) is 0 Å². The Hall–Kier alpha value is 0.400. The van der Waals surface area contributed by atoms with Crippen molar-refractivity contribution in [2.45, 2.75) is 12.8 Å². The van der Waals surface area contributed by atoms with E-state index in [0.29, 0.717) is 11.3 Å². The van der Waals surface area contributed by atoms with Gasteiger partial charge in [-0.05, 0) is 18.3 Å². The minimum Gasteiger partial charge on any atom is -0.384 e. The first kappa shape index (κ1) is 10.5. The number of hydrogen-bond acceptors (Lipinski definition) is 2. The van der Waals surface area contributed by atoms with Gasteiger partial charge in [0, 0.05) is 25.5 Å². The van der Waals surface area contributed by atoms with Gasteiger partial charge in [-0.15, -0.1) is 0 Å². The molecule has 0 aromatic heterocycles. The SMILES string of the molecule is COCC(COC)C1(CBr)CC1. The number of ether oxygens (including phenoxy) is 2. The fraction of sp³-hybridized carbons (Fsp3) is 1.00. The molecular formula is C9H17BrO2. The van der Waals surface area contributed by atoms with E-state index in [4.69, 9.17) is 9.47 Å². The highest BCUT2D eigenvalue weighted by molar-refractivity contribution is 9.09. The molecule has 0 unspecified atom stereocenters. The molecule has 0 N–H and O–H groups in total. The number of methoxy groups -OCH3 is 2. The summed E-state index contributed by atoms with van der Waals surface area (Å²) in [5.41, 5.74) is 0.478. The third-order valence-corrected chi connectivity index (χ3v) is 3.88. The summed E-state index contributed by atoms with van der Waals surface area (Å²) >= 11 is 3.56. The minimum atomic E-state index is 0.478. The van der Waals surface area contributed by atoms with Crippen molar-refractivity contribution in [2.75, 3.05) is 32.8 Å². The lowest BCUT2D eigenvalue weighted by atomic mass is 9.92. The summed E-state index contributed by atoms with van der Waals surface area (Å²) in [5, 5.41) is 1.08. The lowest BCUT2D eigenvalue weighted by Gasteiger charge is -2.23. The fourth-order valence-corrected chi connectivity index (χ4v) is 2.63. The maximum absolute atomic E-state index is 5.18. The molecular weight excluding hydrogens is 220 g/mol. The summed E-state index contributed by atoms with van der Waals surface area (Å²) in [6, 6.07) is 0. The molecule has 72 valence electrons. The lowest BCUT2D eigenvalue weighted by molar-refractivity contribution is 0.0525. The number of hydrogen-bond donors (Lipinski definition) is 0. The highest BCUT2D eigenvalue weighted by Gasteiger charge is 2.48. The van der Waals surface area contributed by atoms with Crippen LogP contribution < -0.4 is 0 Å². The number of rotatable bonds is 6. The van der Waals surface area contributed by atoms with Crippen LogP contribution in [-0.4, -0.2) is 32.8 Å². The van der Waals surface area contributed by atoms with Crippen LogP contribution in [0.4, 0.5) is 0 Å². The minimum absolute atomic E-state index is 0.478. The molecule has 1 fully saturated rings. The molecule has 0 amide bonds. The van der Waals surface area contributed by atoms with Gasteiger partial charge >= 0.3 is 0 Å². The van der Waals surface area contributed by atoms with Gasteiger partial charge in [0.15, 0.2) is 0 Å². The average molecular weight is 237 g/mol. The first-order valence-electron chi connectivity index (χ1n) is 4.33. The Morgan fingerprint density at radius 1 is 1.25 bits per heavy atom. The molecule has 1 rings (SSSR count). The number of alkyl halides is 1. The Kier molecular flexibility index (Phi) is 4.00. The molecule has 2 nitrogen and oxygen atoms in total. The summed E-state index contributed by atoms with van der Waals surface area (Å²) in [6.07, 6.45) is 2.63. The van der Waals surface area contributed by atoms with E-state index in [0.717, 1.165) is 18.5 Å². The smallest absolute Gasteiger partial charge is 0.0518 e. The fourth-order valence-electron chi connectivity index (χ4n) is 1.62. The van der Waals surface area contributed by atoms with Gasteiger partial charge in [-0.25, -0.2) is 0 Å². The van der Waals surface area contributed by atoms with Gasteiger partial charge in [0.05, 0.1) is 13.2 Å². The van der Waals surface area contributed by atoms with E-state index in [2.05, 4.69) is 15.9 Å². The van der Waals surface area contributed by atoms with Crippen LogP contribution in [0.1, 0.15) is 12.8 Å². The molecule has 0 aromatic rings. The molecule has 0 atom stereocenters. The third-order valence-electron chi connectivity index (χ3n) is 2.76. The van der Waals surface area contributed by atoms with Crippen LogP contribution in [0.5, 0.6) is 0 Å². The van der Waals surface area contributed by atoms with Crippen molar-refractivity contribution in [2.24, 2.45) is 11.3 Å². The lowest BCUT2D eigenvalue weighted by Crippen LogP contribution is -2.26. The van der Waals surface area contributed by atoms with Crippen molar-refractivity contribution in [1.29, 1.82) is 0 Å². The van der Waals surface area contributed by atoms with Gasteiger partial charge in [-0.2, -0.15) is 0 Å². The Morgan fingerprint density at radius 3 is 2.00 bits per heavy atom. The number of halogens is 1. The van der Waals surface area contributed by atoms with Crippen LogP contribution in [0, 0.1) is 11.3 Å². The predicted molar refractivity (Wildman–Crippen MR) is 52.7 cm³/mol. The first-order chi connectivity index (χ1) is 5.79. The highest BCUT2D eigenvalue weighted by atomic mass is 79.9. The zero-order valence-corrected chi connectivity index (χ0v) is 9.39. The van der Waals surface area contributed by atoms with Crippen LogP contribution >= 0.6 is 15.9 Å². The second kappa shape index (κ2) is 4.58. The Bertz CT molecular complexity index is 128. The molecule has 0 bridgehead atoms. The van der Waals surface area contributed by atoms with Gasteiger partial charge in [0.2, 0.25) is 0 Å². The van der Waals surface area contributed by atoms with E-state index >= 15 is 0 Å². The highest BCUT2D eigenvalue weighted by Crippen LogP contribution is 2.53.